The molecule has 1 saturated heterocycles. The van der Waals surface area contributed by atoms with E-state index in [-0.39, 0.29) is 18.4 Å². The van der Waals surface area contributed by atoms with Crippen molar-refractivity contribution in [2.24, 2.45) is 0 Å². The lowest BCUT2D eigenvalue weighted by Gasteiger charge is -2.29. The standard InChI is InChI=1S/C20H20N4O3.ClH/c1-26-19(25)14-5-4-6-15(13-14)21-20-22-17-8-3-2-7-16(17)18(23-20)24-9-11-27-12-10-24;/h2-8,13H,9-12H2,1H3,(H,21,22,23);1H. The van der Waals surface area contributed by atoms with Crippen LogP contribution >= 0.6 is 12.4 Å². The van der Waals surface area contributed by atoms with Crippen LogP contribution in [-0.2, 0) is 9.47 Å². The number of morpholine rings is 1. The summed E-state index contributed by atoms with van der Waals surface area (Å²) in [5.41, 5.74) is 2.05. The summed E-state index contributed by atoms with van der Waals surface area (Å²) in [7, 11) is 1.36. The summed E-state index contributed by atoms with van der Waals surface area (Å²) in [5, 5.41) is 4.21. The maximum atomic E-state index is 11.8. The van der Waals surface area contributed by atoms with Crippen LogP contribution in [-0.4, -0.2) is 49.4 Å². The summed E-state index contributed by atoms with van der Waals surface area (Å²) in [5.74, 6) is 0.986. The number of carbonyl (C=O) groups excluding carboxylic acids is 1. The Morgan fingerprint density at radius 1 is 1.11 bits per heavy atom. The first kappa shape index (κ1) is 19.9. The van der Waals surface area contributed by atoms with Crippen LogP contribution in [0, 0.1) is 0 Å². The fraction of sp³-hybridized carbons (Fsp3) is 0.250. The average molecular weight is 401 g/mol. The third kappa shape index (κ3) is 4.16. The highest BCUT2D eigenvalue weighted by Crippen LogP contribution is 2.27. The van der Waals surface area contributed by atoms with Gasteiger partial charge in [-0.15, -0.1) is 12.4 Å². The third-order valence-corrected chi connectivity index (χ3v) is 4.43. The number of rotatable bonds is 4. The van der Waals surface area contributed by atoms with Gasteiger partial charge in [-0.1, -0.05) is 18.2 Å². The van der Waals surface area contributed by atoms with E-state index < -0.39 is 0 Å². The Morgan fingerprint density at radius 2 is 1.89 bits per heavy atom. The predicted octanol–water partition coefficient (Wildman–Crippen LogP) is 3.42. The molecule has 0 atom stereocenters. The summed E-state index contributed by atoms with van der Waals surface area (Å²) in [6, 6.07) is 15.0. The molecule has 0 bridgehead atoms. The molecule has 146 valence electrons. The number of anilines is 3. The summed E-state index contributed by atoms with van der Waals surface area (Å²) >= 11 is 0. The second-order valence-electron chi connectivity index (χ2n) is 6.18. The second kappa shape index (κ2) is 8.86. The van der Waals surface area contributed by atoms with Gasteiger partial charge in [-0.05, 0) is 30.3 Å². The fourth-order valence-corrected chi connectivity index (χ4v) is 3.10. The van der Waals surface area contributed by atoms with Crippen molar-refractivity contribution in [1.29, 1.82) is 0 Å². The monoisotopic (exact) mass is 400 g/mol. The first-order valence-electron chi connectivity index (χ1n) is 8.79. The molecule has 0 radical (unpaired) electrons. The minimum Gasteiger partial charge on any atom is -0.465 e. The summed E-state index contributed by atoms with van der Waals surface area (Å²) in [4.78, 5) is 23.3. The number of nitrogens with zero attached hydrogens (tertiary/aromatic N) is 3. The molecule has 0 amide bonds. The first-order valence-corrected chi connectivity index (χ1v) is 8.79. The molecule has 1 aliphatic heterocycles. The number of aromatic nitrogens is 2. The van der Waals surface area contributed by atoms with E-state index >= 15 is 0 Å². The summed E-state index contributed by atoms with van der Waals surface area (Å²) < 4.78 is 10.2. The number of para-hydroxylation sites is 1. The Kier molecular flexibility index (Phi) is 6.28. The van der Waals surface area contributed by atoms with Crippen LogP contribution in [0.15, 0.2) is 48.5 Å². The molecule has 0 unspecified atom stereocenters. The highest BCUT2D eigenvalue weighted by atomic mass is 35.5. The summed E-state index contributed by atoms with van der Waals surface area (Å²) in [6.45, 7) is 2.95. The van der Waals surface area contributed by atoms with Crippen LogP contribution in [0.1, 0.15) is 10.4 Å². The van der Waals surface area contributed by atoms with E-state index in [4.69, 9.17) is 14.5 Å². The molecule has 7 nitrogen and oxygen atoms in total. The molecular weight excluding hydrogens is 380 g/mol. The third-order valence-electron chi connectivity index (χ3n) is 4.43. The molecule has 28 heavy (non-hydrogen) atoms. The van der Waals surface area contributed by atoms with Gasteiger partial charge >= 0.3 is 5.97 Å². The zero-order chi connectivity index (χ0) is 18.6. The van der Waals surface area contributed by atoms with Crippen LogP contribution in [0.2, 0.25) is 0 Å². The Balaban J connectivity index is 0.00000225. The molecule has 1 aromatic heterocycles. The number of ether oxygens (including phenoxy) is 2. The summed E-state index contributed by atoms with van der Waals surface area (Å²) in [6.07, 6.45) is 0. The van der Waals surface area contributed by atoms with E-state index in [1.807, 2.05) is 30.3 Å². The number of hydrogen-bond acceptors (Lipinski definition) is 7. The Morgan fingerprint density at radius 3 is 2.68 bits per heavy atom. The normalized spacial score (nSPS) is 13.7. The highest BCUT2D eigenvalue weighted by Gasteiger charge is 2.17. The molecular formula is C20H21ClN4O3. The van der Waals surface area contributed by atoms with Crippen molar-refractivity contribution in [3.05, 3.63) is 54.1 Å². The molecule has 0 spiro atoms. The number of esters is 1. The van der Waals surface area contributed by atoms with E-state index in [9.17, 15) is 4.79 Å². The van der Waals surface area contributed by atoms with Gasteiger partial charge in [0.15, 0.2) is 0 Å². The number of benzene rings is 2. The quantitative estimate of drug-likeness (QED) is 0.672. The van der Waals surface area contributed by atoms with Crippen LogP contribution in [0.25, 0.3) is 10.9 Å². The minimum atomic E-state index is -0.382. The van der Waals surface area contributed by atoms with Crippen molar-refractivity contribution in [1.82, 2.24) is 9.97 Å². The number of halogens is 1. The number of carbonyl (C=O) groups is 1. The number of fused-ring (bicyclic) bond motifs is 1. The molecule has 1 fully saturated rings. The van der Waals surface area contributed by atoms with Crippen molar-refractivity contribution in [2.75, 3.05) is 43.6 Å². The molecule has 1 aliphatic rings. The minimum absolute atomic E-state index is 0. The van der Waals surface area contributed by atoms with Gasteiger partial charge in [0.05, 0.1) is 31.4 Å². The fourth-order valence-electron chi connectivity index (χ4n) is 3.10. The number of hydrogen-bond donors (Lipinski definition) is 1. The largest absolute Gasteiger partial charge is 0.465 e. The van der Waals surface area contributed by atoms with Crippen molar-refractivity contribution in [2.45, 2.75) is 0 Å². The maximum absolute atomic E-state index is 11.8. The van der Waals surface area contributed by atoms with Crippen LogP contribution < -0.4 is 10.2 Å². The van der Waals surface area contributed by atoms with E-state index in [1.165, 1.54) is 7.11 Å². The van der Waals surface area contributed by atoms with Gasteiger partial charge in [0.1, 0.15) is 5.82 Å². The van der Waals surface area contributed by atoms with E-state index in [1.54, 1.807) is 18.2 Å². The average Bonchev–Trinajstić information content (AvgIpc) is 2.73. The molecule has 2 heterocycles. The van der Waals surface area contributed by atoms with Gasteiger partial charge in [0.25, 0.3) is 0 Å². The molecule has 4 rings (SSSR count). The lowest BCUT2D eigenvalue weighted by atomic mass is 10.2. The Hall–Kier alpha value is -2.90. The van der Waals surface area contributed by atoms with Gasteiger partial charge in [-0.3, -0.25) is 0 Å². The SMILES string of the molecule is COC(=O)c1cccc(Nc2nc(N3CCOCC3)c3ccccc3n2)c1.Cl. The zero-order valence-electron chi connectivity index (χ0n) is 15.4. The van der Waals surface area contributed by atoms with Gasteiger partial charge in [-0.2, -0.15) is 4.98 Å². The zero-order valence-corrected chi connectivity index (χ0v) is 16.2. The first-order chi connectivity index (χ1) is 13.2. The Bertz CT molecular complexity index is 977. The smallest absolute Gasteiger partial charge is 0.337 e. The van der Waals surface area contributed by atoms with Crippen LogP contribution in [0.4, 0.5) is 17.5 Å². The predicted molar refractivity (Wildman–Crippen MR) is 111 cm³/mol. The van der Waals surface area contributed by atoms with Crippen molar-refractivity contribution in [3.8, 4) is 0 Å². The number of nitrogens with one attached hydrogen (secondary N) is 1. The molecule has 8 heteroatoms. The number of methoxy groups -OCH3 is 1. The molecule has 3 aromatic rings. The topological polar surface area (TPSA) is 76.6 Å². The van der Waals surface area contributed by atoms with Crippen molar-refractivity contribution >= 4 is 46.7 Å². The van der Waals surface area contributed by atoms with Crippen molar-refractivity contribution in [3.63, 3.8) is 0 Å². The molecule has 2 aromatic carbocycles. The van der Waals surface area contributed by atoms with Crippen LogP contribution in [0.3, 0.4) is 0 Å². The van der Waals surface area contributed by atoms with Gasteiger partial charge in [-0.25, -0.2) is 9.78 Å². The molecule has 0 saturated carbocycles. The second-order valence-corrected chi connectivity index (χ2v) is 6.18. The lowest BCUT2D eigenvalue weighted by molar-refractivity contribution is 0.0601. The highest BCUT2D eigenvalue weighted by molar-refractivity contribution is 5.92. The van der Waals surface area contributed by atoms with Gasteiger partial charge in [0, 0.05) is 24.2 Å². The maximum Gasteiger partial charge on any atom is 0.337 e. The van der Waals surface area contributed by atoms with Gasteiger partial charge in [0.2, 0.25) is 5.95 Å². The van der Waals surface area contributed by atoms with Crippen LogP contribution in [0.5, 0.6) is 0 Å². The van der Waals surface area contributed by atoms with Crippen molar-refractivity contribution < 1.29 is 14.3 Å². The van der Waals surface area contributed by atoms with E-state index in [0.29, 0.717) is 24.7 Å². The lowest BCUT2D eigenvalue weighted by Crippen LogP contribution is -2.37. The van der Waals surface area contributed by atoms with E-state index in [2.05, 4.69) is 15.2 Å². The molecule has 0 aliphatic carbocycles. The molecule has 1 N–H and O–H groups in total. The Labute approximate surface area is 169 Å². The van der Waals surface area contributed by atoms with Gasteiger partial charge < -0.3 is 19.7 Å². The van der Waals surface area contributed by atoms with E-state index in [0.717, 1.165) is 35.5 Å².